The largest absolute Gasteiger partial charge is 0.493 e. The van der Waals surface area contributed by atoms with E-state index in [0.29, 0.717) is 52.9 Å². The highest BCUT2D eigenvalue weighted by atomic mass is 16.5. The lowest BCUT2D eigenvalue weighted by atomic mass is 10.2. The molecule has 0 atom stereocenters. The number of methoxy groups -OCH3 is 2. The molecule has 0 bridgehead atoms. The minimum Gasteiger partial charge on any atom is -0.493 e. The van der Waals surface area contributed by atoms with Crippen LogP contribution in [0.25, 0.3) is 17.2 Å². The third kappa shape index (κ3) is 4.29. The fourth-order valence-corrected chi connectivity index (χ4v) is 3.33. The Morgan fingerprint density at radius 1 is 0.909 bits per heavy atom. The van der Waals surface area contributed by atoms with E-state index in [2.05, 4.69) is 20.4 Å². The number of rotatable bonds is 8. The number of nitrogens with zero attached hydrogens (tertiary/aromatic N) is 4. The van der Waals surface area contributed by atoms with Gasteiger partial charge in [-0.3, -0.25) is 0 Å². The number of anilines is 1. The fraction of sp³-hybridized carbons (Fsp3) is 0.125. The van der Waals surface area contributed by atoms with Gasteiger partial charge in [0, 0.05) is 12.6 Å². The Hall–Kier alpha value is -4.53. The SMILES string of the molecule is COc1ccc(CNc2nc(Oc3ccccc3)cc3nc(-c4ccco4)nn23)cc1OC. The summed E-state index contributed by atoms with van der Waals surface area (Å²) in [5.74, 6) is 3.87. The molecule has 2 aromatic carbocycles. The van der Waals surface area contributed by atoms with Crippen LogP contribution in [-0.2, 0) is 6.54 Å². The summed E-state index contributed by atoms with van der Waals surface area (Å²) in [7, 11) is 3.21. The molecule has 0 amide bonds. The summed E-state index contributed by atoms with van der Waals surface area (Å²) in [6, 6.07) is 20.5. The van der Waals surface area contributed by atoms with Gasteiger partial charge in [0.25, 0.3) is 0 Å². The lowest BCUT2D eigenvalue weighted by molar-refractivity contribution is 0.354. The Balaban J connectivity index is 1.49. The van der Waals surface area contributed by atoms with Crippen LogP contribution in [0.3, 0.4) is 0 Å². The molecule has 3 heterocycles. The first kappa shape index (κ1) is 20.4. The van der Waals surface area contributed by atoms with Crippen molar-refractivity contribution in [3.8, 4) is 34.7 Å². The van der Waals surface area contributed by atoms with E-state index in [9.17, 15) is 0 Å². The third-order valence-electron chi connectivity index (χ3n) is 4.91. The standard InChI is InChI=1S/C24H21N5O4/c1-30-18-11-10-16(13-20(18)31-2)15-25-24-27-22(33-17-7-4-3-5-8-17)14-21-26-23(28-29(21)24)19-9-6-12-32-19/h3-14H,15H2,1-2H3,(H,25,27). The van der Waals surface area contributed by atoms with E-state index in [1.165, 1.54) is 0 Å². The molecule has 0 radical (unpaired) electrons. The summed E-state index contributed by atoms with van der Waals surface area (Å²) in [6.45, 7) is 0.465. The smallest absolute Gasteiger partial charge is 0.229 e. The van der Waals surface area contributed by atoms with Gasteiger partial charge in [0.2, 0.25) is 17.7 Å². The molecule has 9 nitrogen and oxygen atoms in total. The summed E-state index contributed by atoms with van der Waals surface area (Å²) in [4.78, 5) is 9.21. The number of ether oxygens (including phenoxy) is 3. The summed E-state index contributed by atoms with van der Waals surface area (Å²) < 4.78 is 23.8. The van der Waals surface area contributed by atoms with Gasteiger partial charge in [-0.2, -0.15) is 9.50 Å². The molecule has 9 heteroatoms. The average molecular weight is 443 g/mol. The number of para-hydroxylation sites is 1. The maximum atomic E-state index is 5.95. The molecule has 0 spiro atoms. The molecule has 0 fully saturated rings. The van der Waals surface area contributed by atoms with Crippen molar-refractivity contribution in [1.29, 1.82) is 0 Å². The molecular formula is C24H21N5O4. The van der Waals surface area contributed by atoms with Crippen LogP contribution in [0, 0.1) is 0 Å². The van der Waals surface area contributed by atoms with Gasteiger partial charge in [0.05, 0.1) is 20.5 Å². The summed E-state index contributed by atoms with van der Waals surface area (Å²) >= 11 is 0. The number of hydrogen-bond acceptors (Lipinski definition) is 8. The lowest BCUT2D eigenvalue weighted by Gasteiger charge is -2.12. The molecule has 0 aliphatic heterocycles. The van der Waals surface area contributed by atoms with Crippen LogP contribution in [0.2, 0.25) is 0 Å². The molecular weight excluding hydrogens is 422 g/mol. The van der Waals surface area contributed by atoms with Crippen molar-refractivity contribution >= 4 is 11.6 Å². The number of fused-ring (bicyclic) bond motifs is 1. The second kappa shape index (κ2) is 8.91. The highest BCUT2D eigenvalue weighted by Gasteiger charge is 2.15. The topological polar surface area (TPSA) is 95.9 Å². The molecule has 5 aromatic rings. The van der Waals surface area contributed by atoms with Crippen molar-refractivity contribution < 1.29 is 18.6 Å². The van der Waals surface area contributed by atoms with Crippen molar-refractivity contribution in [2.24, 2.45) is 0 Å². The quantitative estimate of drug-likeness (QED) is 0.365. The number of benzene rings is 2. The molecule has 0 unspecified atom stereocenters. The molecule has 5 rings (SSSR count). The normalized spacial score (nSPS) is 10.8. The van der Waals surface area contributed by atoms with Crippen LogP contribution in [0.1, 0.15) is 5.56 Å². The van der Waals surface area contributed by atoms with Crippen LogP contribution in [0.5, 0.6) is 23.1 Å². The van der Waals surface area contributed by atoms with E-state index in [4.69, 9.17) is 18.6 Å². The van der Waals surface area contributed by atoms with Crippen molar-refractivity contribution in [2.75, 3.05) is 19.5 Å². The molecule has 0 aliphatic rings. The predicted octanol–water partition coefficient (Wildman–Crippen LogP) is 4.81. The minimum atomic E-state index is 0.391. The maximum Gasteiger partial charge on any atom is 0.229 e. The second-order valence-corrected chi connectivity index (χ2v) is 7.06. The van der Waals surface area contributed by atoms with E-state index in [1.54, 1.807) is 43.2 Å². The van der Waals surface area contributed by atoms with Gasteiger partial charge in [-0.05, 0) is 42.0 Å². The molecule has 0 saturated heterocycles. The first-order valence-electron chi connectivity index (χ1n) is 10.2. The highest BCUT2D eigenvalue weighted by Crippen LogP contribution is 2.29. The summed E-state index contributed by atoms with van der Waals surface area (Å²) in [5.41, 5.74) is 1.54. The van der Waals surface area contributed by atoms with Crippen LogP contribution in [-0.4, -0.2) is 33.8 Å². The minimum absolute atomic E-state index is 0.391. The Morgan fingerprint density at radius 2 is 1.76 bits per heavy atom. The monoisotopic (exact) mass is 443 g/mol. The molecule has 33 heavy (non-hydrogen) atoms. The van der Waals surface area contributed by atoms with Gasteiger partial charge < -0.3 is 23.9 Å². The Labute approximate surface area is 189 Å². The van der Waals surface area contributed by atoms with Crippen molar-refractivity contribution in [3.63, 3.8) is 0 Å². The molecule has 0 aliphatic carbocycles. The zero-order valence-corrected chi connectivity index (χ0v) is 18.1. The number of aromatic nitrogens is 4. The fourth-order valence-electron chi connectivity index (χ4n) is 3.33. The van der Waals surface area contributed by atoms with E-state index in [1.807, 2.05) is 48.5 Å². The molecule has 1 N–H and O–H groups in total. The zero-order valence-electron chi connectivity index (χ0n) is 18.1. The van der Waals surface area contributed by atoms with Gasteiger partial charge in [-0.1, -0.05) is 24.3 Å². The number of furan rings is 1. The van der Waals surface area contributed by atoms with Gasteiger partial charge in [0.15, 0.2) is 22.9 Å². The van der Waals surface area contributed by atoms with Crippen molar-refractivity contribution in [1.82, 2.24) is 19.6 Å². The average Bonchev–Trinajstić information content (AvgIpc) is 3.53. The number of nitrogens with one attached hydrogen (secondary N) is 1. The highest BCUT2D eigenvalue weighted by molar-refractivity contribution is 5.56. The van der Waals surface area contributed by atoms with E-state index < -0.39 is 0 Å². The van der Waals surface area contributed by atoms with Crippen LogP contribution in [0.4, 0.5) is 5.95 Å². The first-order valence-corrected chi connectivity index (χ1v) is 10.2. The van der Waals surface area contributed by atoms with Gasteiger partial charge in [-0.25, -0.2) is 4.98 Å². The lowest BCUT2D eigenvalue weighted by Crippen LogP contribution is -2.08. The van der Waals surface area contributed by atoms with Gasteiger partial charge >= 0.3 is 0 Å². The van der Waals surface area contributed by atoms with E-state index >= 15 is 0 Å². The Morgan fingerprint density at radius 3 is 2.52 bits per heavy atom. The zero-order chi connectivity index (χ0) is 22.6. The van der Waals surface area contributed by atoms with E-state index in [-0.39, 0.29) is 0 Å². The first-order chi connectivity index (χ1) is 16.2. The molecule has 0 saturated carbocycles. The number of hydrogen-bond donors (Lipinski definition) is 1. The van der Waals surface area contributed by atoms with Crippen molar-refractivity contribution in [2.45, 2.75) is 6.54 Å². The van der Waals surface area contributed by atoms with E-state index in [0.717, 1.165) is 5.56 Å². The van der Waals surface area contributed by atoms with Gasteiger partial charge in [0.1, 0.15) is 5.75 Å². The summed E-state index contributed by atoms with van der Waals surface area (Å²) in [6.07, 6.45) is 1.58. The Bertz CT molecular complexity index is 1370. The third-order valence-corrected chi connectivity index (χ3v) is 4.91. The van der Waals surface area contributed by atoms with Crippen molar-refractivity contribution in [3.05, 3.63) is 78.6 Å². The molecule has 166 valence electrons. The second-order valence-electron chi connectivity index (χ2n) is 7.06. The van der Waals surface area contributed by atoms with Crippen LogP contribution in [0.15, 0.2) is 77.4 Å². The van der Waals surface area contributed by atoms with Crippen LogP contribution < -0.4 is 19.5 Å². The van der Waals surface area contributed by atoms with Crippen LogP contribution >= 0.6 is 0 Å². The summed E-state index contributed by atoms with van der Waals surface area (Å²) in [5, 5.41) is 7.88. The maximum absolute atomic E-state index is 5.95. The predicted molar refractivity (Wildman–Crippen MR) is 122 cm³/mol. The Kier molecular flexibility index (Phi) is 5.50. The molecule has 3 aromatic heterocycles. The van der Waals surface area contributed by atoms with Gasteiger partial charge in [-0.15, -0.1) is 5.10 Å².